The van der Waals surface area contributed by atoms with E-state index in [0.717, 1.165) is 0 Å². The summed E-state index contributed by atoms with van der Waals surface area (Å²) in [5, 5.41) is 5.41. The summed E-state index contributed by atoms with van der Waals surface area (Å²) in [5.41, 5.74) is 1.56. The molecule has 0 bridgehead atoms. The summed E-state index contributed by atoms with van der Waals surface area (Å²) in [4.78, 5) is 50.8. The molecule has 10 nitrogen and oxygen atoms in total. The van der Waals surface area contributed by atoms with Crippen LogP contribution in [0.5, 0.6) is 11.5 Å². The maximum absolute atomic E-state index is 12.7. The molecule has 0 aromatic heterocycles. The first kappa shape index (κ1) is 22.1. The first-order valence-corrected chi connectivity index (χ1v) is 10.3. The number of hydrogen-bond acceptors (Lipinski definition) is 7. The highest BCUT2D eigenvalue weighted by molar-refractivity contribution is 6.01. The average molecular weight is 453 g/mol. The SMILES string of the molecule is COc1ccc2c(c1OC)C(=O)OC2CC(=O)Nc1cccc(C(=O)N2CCNC(=O)C2)c1. The highest BCUT2D eigenvalue weighted by Gasteiger charge is 2.37. The number of carbonyl (C=O) groups excluding carboxylic acids is 4. The Labute approximate surface area is 189 Å². The van der Waals surface area contributed by atoms with E-state index in [1.165, 1.54) is 19.1 Å². The van der Waals surface area contributed by atoms with Crippen molar-refractivity contribution in [3.63, 3.8) is 0 Å². The summed E-state index contributed by atoms with van der Waals surface area (Å²) < 4.78 is 15.9. The Balaban J connectivity index is 1.45. The predicted octanol–water partition coefficient (Wildman–Crippen LogP) is 1.52. The van der Waals surface area contributed by atoms with Gasteiger partial charge < -0.3 is 29.7 Å². The van der Waals surface area contributed by atoms with Gasteiger partial charge in [0.2, 0.25) is 11.8 Å². The molecule has 0 spiro atoms. The first-order valence-electron chi connectivity index (χ1n) is 10.3. The van der Waals surface area contributed by atoms with Gasteiger partial charge in [-0.25, -0.2) is 4.79 Å². The van der Waals surface area contributed by atoms with Gasteiger partial charge >= 0.3 is 5.97 Å². The fourth-order valence-corrected chi connectivity index (χ4v) is 3.93. The van der Waals surface area contributed by atoms with Crippen molar-refractivity contribution in [1.82, 2.24) is 10.2 Å². The number of benzene rings is 2. The van der Waals surface area contributed by atoms with Crippen LogP contribution in [-0.2, 0) is 14.3 Å². The van der Waals surface area contributed by atoms with Crippen LogP contribution in [0, 0.1) is 0 Å². The normalized spacial score (nSPS) is 17.0. The number of piperazine rings is 1. The zero-order chi connectivity index (χ0) is 23.5. The van der Waals surface area contributed by atoms with Crippen molar-refractivity contribution in [3.05, 3.63) is 53.1 Å². The molecule has 1 saturated heterocycles. The monoisotopic (exact) mass is 453 g/mol. The number of esters is 1. The molecule has 2 aliphatic heterocycles. The Kier molecular flexibility index (Phi) is 6.16. The van der Waals surface area contributed by atoms with Crippen LogP contribution < -0.4 is 20.1 Å². The van der Waals surface area contributed by atoms with E-state index in [0.29, 0.717) is 35.7 Å². The van der Waals surface area contributed by atoms with Crippen LogP contribution in [0.3, 0.4) is 0 Å². The lowest BCUT2D eigenvalue weighted by atomic mass is 10.0. The second kappa shape index (κ2) is 9.19. The predicted molar refractivity (Wildman–Crippen MR) is 116 cm³/mol. The Morgan fingerprint density at radius 2 is 2.00 bits per heavy atom. The third kappa shape index (κ3) is 4.45. The standard InChI is InChI=1S/C23H23N3O7/c1-31-16-7-6-15-17(33-23(30)20(15)21(16)32-2)11-18(27)25-14-5-3-4-13(10-14)22(29)26-9-8-24-19(28)12-26/h3-7,10,17H,8-9,11-12H2,1-2H3,(H,24,28)(H,25,27). The van der Waals surface area contributed by atoms with Crippen LogP contribution in [0.25, 0.3) is 0 Å². The maximum Gasteiger partial charge on any atom is 0.343 e. The number of nitrogens with zero attached hydrogens (tertiary/aromatic N) is 1. The lowest BCUT2D eigenvalue weighted by Gasteiger charge is -2.26. The molecule has 2 heterocycles. The third-order valence-electron chi connectivity index (χ3n) is 5.47. The van der Waals surface area contributed by atoms with Crippen molar-refractivity contribution >= 4 is 29.4 Å². The van der Waals surface area contributed by atoms with E-state index >= 15 is 0 Å². The van der Waals surface area contributed by atoms with Crippen molar-refractivity contribution < 1.29 is 33.4 Å². The van der Waals surface area contributed by atoms with Gasteiger partial charge in [0.1, 0.15) is 11.7 Å². The van der Waals surface area contributed by atoms with Crippen LogP contribution in [0.4, 0.5) is 5.69 Å². The number of methoxy groups -OCH3 is 2. The molecule has 4 rings (SSSR count). The van der Waals surface area contributed by atoms with Crippen LogP contribution >= 0.6 is 0 Å². The minimum atomic E-state index is -0.774. The van der Waals surface area contributed by atoms with Crippen LogP contribution in [0.1, 0.15) is 38.8 Å². The number of nitrogens with one attached hydrogen (secondary N) is 2. The van der Waals surface area contributed by atoms with E-state index in [1.807, 2.05) is 0 Å². The van der Waals surface area contributed by atoms with Crippen molar-refractivity contribution in [2.24, 2.45) is 0 Å². The van der Waals surface area contributed by atoms with Crippen molar-refractivity contribution in [2.75, 3.05) is 39.2 Å². The second-order valence-electron chi connectivity index (χ2n) is 7.57. The minimum absolute atomic E-state index is 0.00384. The Hall–Kier alpha value is -4.08. The summed E-state index contributed by atoms with van der Waals surface area (Å²) in [7, 11) is 2.89. The lowest BCUT2D eigenvalue weighted by molar-refractivity contribution is -0.123. The molecule has 0 saturated carbocycles. The van der Waals surface area contributed by atoms with Gasteiger partial charge in [-0.2, -0.15) is 0 Å². The largest absolute Gasteiger partial charge is 0.493 e. The topological polar surface area (TPSA) is 123 Å². The molecule has 1 atom stereocenters. The molecule has 1 unspecified atom stereocenters. The van der Waals surface area contributed by atoms with E-state index in [9.17, 15) is 19.2 Å². The van der Waals surface area contributed by atoms with E-state index in [2.05, 4.69) is 10.6 Å². The highest BCUT2D eigenvalue weighted by atomic mass is 16.6. The third-order valence-corrected chi connectivity index (χ3v) is 5.47. The van der Waals surface area contributed by atoms with E-state index in [1.54, 1.807) is 36.4 Å². The summed E-state index contributed by atoms with van der Waals surface area (Å²) >= 11 is 0. The van der Waals surface area contributed by atoms with E-state index in [-0.39, 0.29) is 36.1 Å². The number of anilines is 1. The summed E-state index contributed by atoms with van der Waals surface area (Å²) in [6, 6.07) is 9.80. The Bertz CT molecular complexity index is 1130. The lowest BCUT2D eigenvalue weighted by Crippen LogP contribution is -2.49. The molecule has 2 aliphatic rings. The zero-order valence-electron chi connectivity index (χ0n) is 18.2. The minimum Gasteiger partial charge on any atom is -0.493 e. The molecule has 172 valence electrons. The van der Waals surface area contributed by atoms with Gasteiger partial charge in [-0.3, -0.25) is 14.4 Å². The van der Waals surface area contributed by atoms with E-state index in [4.69, 9.17) is 14.2 Å². The molecule has 10 heteroatoms. The van der Waals surface area contributed by atoms with Crippen molar-refractivity contribution in [3.8, 4) is 11.5 Å². The van der Waals surface area contributed by atoms with Gasteiger partial charge in [-0.15, -0.1) is 0 Å². The second-order valence-corrected chi connectivity index (χ2v) is 7.57. The number of amides is 3. The van der Waals surface area contributed by atoms with Gasteiger partial charge in [0.25, 0.3) is 5.91 Å². The number of hydrogen-bond donors (Lipinski definition) is 2. The molecule has 1 fully saturated rings. The molecule has 2 N–H and O–H groups in total. The summed E-state index contributed by atoms with van der Waals surface area (Å²) in [6.07, 6.45) is -0.886. The first-order chi connectivity index (χ1) is 15.9. The van der Waals surface area contributed by atoms with Crippen LogP contribution in [0.15, 0.2) is 36.4 Å². The fourth-order valence-electron chi connectivity index (χ4n) is 3.93. The van der Waals surface area contributed by atoms with Gasteiger partial charge in [0, 0.05) is 29.9 Å². The van der Waals surface area contributed by atoms with Gasteiger partial charge in [-0.05, 0) is 24.3 Å². The molecular formula is C23H23N3O7. The average Bonchev–Trinajstić information content (AvgIpc) is 3.13. The van der Waals surface area contributed by atoms with Crippen molar-refractivity contribution in [2.45, 2.75) is 12.5 Å². The quantitative estimate of drug-likeness (QED) is 0.636. The Morgan fingerprint density at radius 3 is 2.73 bits per heavy atom. The molecular weight excluding hydrogens is 430 g/mol. The van der Waals surface area contributed by atoms with Crippen LogP contribution in [0.2, 0.25) is 0 Å². The van der Waals surface area contributed by atoms with Gasteiger partial charge in [0.05, 0.1) is 27.2 Å². The number of fused-ring (bicyclic) bond motifs is 1. The van der Waals surface area contributed by atoms with Gasteiger partial charge in [0.15, 0.2) is 11.5 Å². The van der Waals surface area contributed by atoms with Crippen molar-refractivity contribution in [1.29, 1.82) is 0 Å². The maximum atomic E-state index is 12.7. The smallest absolute Gasteiger partial charge is 0.343 e. The molecule has 0 radical (unpaired) electrons. The molecule has 0 aliphatic carbocycles. The Morgan fingerprint density at radius 1 is 1.18 bits per heavy atom. The molecule has 2 aromatic rings. The summed E-state index contributed by atoms with van der Waals surface area (Å²) in [6.45, 7) is 0.817. The van der Waals surface area contributed by atoms with Gasteiger partial charge in [-0.1, -0.05) is 12.1 Å². The molecule has 2 aromatic carbocycles. The molecule has 3 amide bonds. The van der Waals surface area contributed by atoms with Crippen LogP contribution in [-0.4, -0.2) is 62.4 Å². The zero-order valence-corrected chi connectivity index (χ0v) is 18.2. The number of carbonyl (C=O) groups is 4. The summed E-state index contributed by atoms with van der Waals surface area (Å²) in [5.74, 6) is -0.819. The number of rotatable bonds is 6. The number of cyclic esters (lactones) is 1. The number of ether oxygens (including phenoxy) is 3. The fraction of sp³-hybridized carbons (Fsp3) is 0.304. The molecule has 33 heavy (non-hydrogen) atoms. The van der Waals surface area contributed by atoms with E-state index < -0.39 is 18.0 Å². The highest BCUT2D eigenvalue weighted by Crippen LogP contribution is 2.43.